The van der Waals surface area contributed by atoms with Crippen LogP contribution in [0.5, 0.6) is 0 Å². The topological polar surface area (TPSA) is 102 Å². The van der Waals surface area contributed by atoms with Crippen molar-refractivity contribution in [3.05, 3.63) is 42.0 Å². The van der Waals surface area contributed by atoms with Crippen LogP contribution >= 0.6 is 83.9 Å². The zero-order valence-electron chi connectivity index (χ0n) is 18.9. The molecule has 0 saturated carbocycles. The molecule has 1 aliphatic rings. The Balaban J connectivity index is 0. The number of hydrogen-bond acceptors (Lipinski definition) is 9. The Kier molecular flexibility index (Phi) is 22.0. The molecule has 4 aromatic rings. The molecule has 0 aliphatic carbocycles. The fourth-order valence-corrected chi connectivity index (χ4v) is 4.76. The number of anilines is 1. The molecule has 0 atom stereocenters. The van der Waals surface area contributed by atoms with Crippen LogP contribution in [0.1, 0.15) is 31.7 Å². The van der Waals surface area contributed by atoms with Crippen molar-refractivity contribution in [2.24, 2.45) is 0 Å². The summed E-state index contributed by atoms with van der Waals surface area (Å²) < 4.78 is 16.7. The number of halogens is 5. The smallest absolute Gasteiger partial charge is 0.127 e. The van der Waals surface area contributed by atoms with Gasteiger partial charge in [-0.05, 0) is 55.6 Å². The first-order chi connectivity index (χ1) is 15.7. The molecule has 7 nitrogen and oxygen atoms in total. The third kappa shape index (κ3) is 11.3. The fraction of sp³-hybridized carbons (Fsp3) is 0.455. The lowest BCUT2D eigenvalue weighted by atomic mass is 9.89. The number of nitrogens with two attached hydrogens (primary N) is 1. The van der Waals surface area contributed by atoms with Crippen LogP contribution in [-0.4, -0.2) is 55.4 Å². The first kappa shape index (κ1) is 37.4. The third-order valence-electron chi connectivity index (χ3n) is 4.96. The van der Waals surface area contributed by atoms with Crippen LogP contribution in [0.25, 0.3) is 22.1 Å². The molecule has 204 valence electrons. The molecule has 1 saturated heterocycles. The molecule has 0 amide bonds. The number of nitrogens with one attached hydrogen (secondary N) is 2. The Bertz CT molecular complexity index is 1070. The second-order valence-electron chi connectivity index (χ2n) is 7.11. The number of fused-ring (bicyclic) bond motifs is 2. The monoisotopic (exact) mass is 635 g/mol. The van der Waals surface area contributed by atoms with Crippen molar-refractivity contribution in [1.82, 2.24) is 28.1 Å². The Labute approximate surface area is 250 Å². The number of nitrogen functional groups attached to an aromatic ring is 1. The van der Waals surface area contributed by atoms with E-state index in [1.165, 1.54) is 41.9 Å². The molecule has 4 N–H and O–H groups in total. The molecular weight excluding hydrogens is 604 g/mol. The average Bonchev–Trinajstić information content (AvgIpc) is 3.51. The van der Waals surface area contributed by atoms with Crippen molar-refractivity contribution >= 4 is 112 Å². The van der Waals surface area contributed by atoms with Gasteiger partial charge < -0.3 is 16.4 Å². The Hall–Kier alpha value is -0.750. The van der Waals surface area contributed by atoms with Gasteiger partial charge in [0.1, 0.15) is 22.1 Å². The lowest BCUT2D eigenvalue weighted by Gasteiger charge is -2.22. The molecule has 5 rings (SSSR count). The lowest BCUT2D eigenvalue weighted by molar-refractivity contribution is 0.462. The van der Waals surface area contributed by atoms with Gasteiger partial charge in [-0.25, -0.2) is 0 Å². The van der Waals surface area contributed by atoms with E-state index in [1.54, 1.807) is 0 Å². The summed E-state index contributed by atoms with van der Waals surface area (Å²) in [5.74, 6) is 1.99. The number of piperidine rings is 1. The zero-order valence-corrected chi connectivity index (χ0v) is 24.5. The van der Waals surface area contributed by atoms with E-state index in [4.69, 9.17) is 28.9 Å². The quantitative estimate of drug-likeness (QED) is 0.133. The Morgan fingerprint density at radius 2 is 1.36 bits per heavy atom. The average molecular weight is 638 g/mol. The van der Waals surface area contributed by atoms with Crippen LogP contribution in [0.15, 0.2) is 36.4 Å². The van der Waals surface area contributed by atoms with Gasteiger partial charge in [-0.3, -0.25) is 0 Å². The first-order valence-corrected chi connectivity index (χ1v) is 13.0. The van der Waals surface area contributed by atoms with E-state index in [-0.39, 0.29) is 44.6 Å². The Morgan fingerprint density at radius 1 is 0.833 bits per heavy atom. The standard InChI is InChI=1S/C11H13N3S.C6H5N3S.C4H9Cl2N.CH4.3ClH/c1-2-9(8-4-6-12-7-5-8)11-10(3-1)13-15-14-11;7-4-2-1-3-5-6(4)9-10-8-5;5-1-3-7-4-2-6;;;;/h1-3,8,12H,4-7H2;1-3H,7H2;7H,1-4H2;1H4;3*1H. The van der Waals surface area contributed by atoms with Gasteiger partial charge in [0.2, 0.25) is 0 Å². The third-order valence-corrected chi connectivity index (χ3v) is 6.42. The maximum atomic E-state index is 5.60. The van der Waals surface area contributed by atoms with Crippen molar-refractivity contribution in [3.8, 4) is 0 Å². The van der Waals surface area contributed by atoms with Gasteiger partial charge in [0, 0.05) is 24.8 Å². The highest BCUT2D eigenvalue weighted by molar-refractivity contribution is 7.00. The van der Waals surface area contributed by atoms with Crippen molar-refractivity contribution in [2.75, 3.05) is 43.7 Å². The van der Waals surface area contributed by atoms with Crippen LogP contribution in [-0.2, 0) is 0 Å². The molecule has 1 aliphatic heterocycles. The minimum atomic E-state index is 0. The van der Waals surface area contributed by atoms with Gasteiger partial charge in [-0.1, -0.05) is 25.6 Å². The summed E-state index contributed by atoms with van der Waals surface area (Å²) in [5.41, 5.74) is 11.6. The highest BCUT2D eigenvalue weighted by atomic mass is 35.5. The number of benzene rings is 2. The second-order valence-corrected chi connectivity index (χ2v) is 8.92. The summed E-state index contributed by atoms with van der Waals surface area (Å²) >= 11 is 13.2. The van der Waals surface area contributed by atoms with Crippen LogP contribution in [0.3, 0.4) is 0 Å². The van der Waals surface area contributed by atoms with Crippen LogP contribution in [0, 0.1) is 0 Å². The fourth-order valence-electron chi connectivity index (χ4n) is 3.38. The predicted octanol–water partition coefficient (Wildman–Crippen LogP) is 6.39. The molecule has 0 radical (unpaired) electrons. The van der Waals surface area contributed by atoms with Crippen molar-refractivity contribution in [2.45, 2.75) is 26.2 Å². The van der Waals surface area contributed by atoms with Crippen molar-refractivity contribution < 1.29 is 0 Å². The maximum absolute atomic E-state index is 5.60. The molecule has 36 heavy (non-hydrogen) atoms. The van der Waals surface area contributed by atoms with Crippen molar-refractivity contribution in [1.29, 1.82) is 0 Å². The van der Waals surface area contributed by atoms with Crippen LogP contribution in [0.2, 0.25) is 0 Å². The summed E-state index contributed by atoms with van der Waals surface area (Å²) in [6.07, 6.45) is 2.44. The summed E-state index contributed by atoms with van der Waals surface area (Å²) in [6.45, 7) is 3.96. The summed E-state index contributed by atoms with van der Waals surface area (Å²) in [5, 5.41) is 6.41. The van der Waals surface area contributed by atoms with Crippen LogP contribution < -0.4 is 16.4 Å². The summed E-state index contributed by atoms with van der Waals surface area (Å²) in [6, 6.07) is 11.9. The van der Waals surface area contributed by atoms with E-state index in [0.29, 0.717) is 23.4 Å². The Morgan fingerprint density at radius 3 is 1.92 bits per heavy atom. The second kappa shape index (κ2) is 21.2. The molecule has 3 heterocycles. The molecule has 1 fully saturated rings. The molecule has 0 bridgehead atoms. The number of nitrogens with zero attached hydrogens (tertiary/aromatic N) is 4. The molecular formula is C22H34Cl5N7S2. The number of aromatic nitrogens is 4. The normalized spacial score (nSPS) is 12.4. The molecule has 2 aromatic carbocycles. The zero-order chi connectivity index (χ0) is 22.6. The van der Waals surface area contributed by atoms with E-state index in [1.807, 2.05) is 24.3 Å². The molecule has 2 aromatic heterocycles. The van der Waals surface area contributed by atoms with Gasteiger partial charge in [-0.15, -0.1) is 60.4 Å². The molecule has 0 spiro atoms. The number of rotatable bonds is 5. The van der Waals surface area contributed by atoms with Gasteiger partial charge in [-0.2, -0.15) is 17.5 Å². The van der Waals surface area contributed by atoms with Crippen LogP contribution in [0.4, 0.5) is 5.69 Å². The summed E-state index contributed by atoms with van der Waals surface area (Å²) in [7, 11) is 0. The lowest BCUT2D eigenvalue weighted by Crippen LogP contribution is -2.26. The maximum Gasteiger partial charge on any atom is 0.127 e. The highest BCUT2D eigenvalue weighted by Crippen LogP contribution is 2.30. The van der Waals surface area contributed by atoms with Crippen molar-refractivity contribution in [3.63, 3.8) is 0 Å². The minimum Gasteiger partial charge on any atom is -0.397 e. The van der Waals surface area contributed by atoms with E-state index >= 15 is 0 Å². The molecule has 14 heteroatoms. The van der Waals surface area contributed by atoms with E-state index in [9.17, 15) is 0 Å². The predicted molar refractivity (Wildman–Crippen MR) is 167 cm³/mol. The minimum absolute atomic E-state index is 0. The number of hydrogen-bond donors (Lipinski definition) is 3. The van der Waals surface area contributed by atoms with Gasteiger partial charge in [0.15, 0.2) is 0 Å². The van der Waals surface area contributed by atoms with Gasteiger partial charge in [0.25, 0.3) is 0 Å². The van der Waals surface area contributed by atoms with Gasteiger partial charge >= 0.3 is 0 Å². The van der Waals surface area contributed by atoms with Gasteiger partial charge in [0.05, 0.1) is 29.1 Å². The molecule has 0 unspecified atom stereocenters. The SMILES string of the molecule is C.Cl.Cl.Cl.ClCCNCCCl.Nc1cccc2nsnc12.c1cc(C2CCNCC2)c2nsnc2c1. The van der Waals surface area contributed by atoms with E-state index < -0.39 is 0 Å². The number of alkyl halides is 2. The van der Waals surface area contributed by atoms with E-state index in [0.717, 1.165) is 48.2 Å². The summed E-state index contributed by atoms with van der Waals surface area (Å²) in [4.78, 5) is 0. The van der Waals surface area contributed by atoms with E-state index in [2.05, 4.69) is 40.3 Å². The first-order valence-electron chi connectivity index (χ1n) is 10.5. The highest BCUT2D eigenvalue weighted by Gasteiger charge is 2.18. The largest absolute Gasteiger partial charge is 0.397 e.